The number of nitrogens with two attached hydrogens (primary N) is 1. The third-order valence-corrected chi connectivity index (χ3v) is 3.58. The third-order valence-electron chi connectivity index (χ3n) is 3.58. The van der Waals surface area contributed by atoms with Crippen LogP contribution >= 0.6 is 0 Å². The first-order valence-corrected chi connectivity index (χ1v) is 5.70. The first-order chi connectivity index (χ1) is 7.18. The molecule has 1 fully saturated rings. The number of furan rings is 1. The molecule has 1 aromatic heterocycles. The van der Waals surface area contributed by atoms with Gasteiger partial charge in [-0.15, -0.1) is 0 Å². The van der Waals surface area contributed by atoms with Gasteiger partial charge in [0.1, 0.15) is 0 Å². The monoisotopic (exact) mass is 208 g/mol. The number of likely N-dealkylation sites (tertiary alicyclic amines) is 1. The second-order valence-corrected chi connectivity index (χ2v) is 4.66. The van der Waals surface area contributed by atoms with E-state index in [4.69, 9.17) is 10.2 Å². The SMILES string of the molecule is CC1CN(C(C)c2ccoc2)CCC1N. The van der Waals surface area contributed by atoms with Gasteiger partial charge in [0, 0.05) is 30.7 Å². The molecule has 0 aliphatic carbocycles. The topological polar surface area (TPSA) is 42.4 Å². The van der Waals surface area contributed by atoms with E-state index in [2.05, 4.69) is 18.7 Å². The van der Waals surface area contributed by atoms with Gasteiger partial charge in [0.25, 0.3) is 0 Å². The van der Waals surface area contributed by atoms with E-state index in [1.54, 1.807) is 6.26 Å². The van der Waals surface area contributed by atoms with Gasteiger partial charge in [0.2, 0.25) is 0 Å². The summed E-state index contributed by atoms with van der Waals surface area (Å²) in [5, 5.41) is 0. The molecule has 1 saturated heterocycles. The van der Waals surface area contributed by atoms with Crippen molar-refractivity contribution in [2.45, 2.75) is 32.4 Å². The Morgan fingerprint density at radius 3 is 3.00 bits per heavy atom. The summed E-state index contributed by atoms with van der Waals surface area (Å²) >= 11 is 0. The summed E-state index contributed by atoms with van der Waals surface area (Å²) in [6.07, 6.45) is 4.68. The van der Waals surface area contributed by atoms with Crippen LogP contribution in [0.5, 0.6) is 0 Å². The molecule has 84 valence electrons. The van der Waals surface area contributed by atoms with Crippen molar-refractivity contribution in [2.75, 3.05) is 13.1 Å². The van der Waals surface area contributed by atoms with Crippen molar-refractivity contribution in [3.63, 3.8) is 0 Å². The van der Waals surface area contributed by atoms with Gasteiger partial charge < -0.3 is 10.2 Å². The fourth-order valence-electron chi connectivity index (χ4n) is 2.27. The Morgan fingerprint density at radius 1 is 1.60 bits per heavy atom. The number of rotatable bonds is 2. The molecule has 2 rings (SSSR count). The summed E-state index contributed by atoms with van der Waals surface area (Å²) in [5.41, 5.74) is 7.28. The van der Waals surface area contributed by atoms with Crippen LogP contribution in [0.4, 0.5) is 0 Å². The predicted octanol–water partition coefficient (Wildman–Crippen LogP) is 2.01. The Kier molecular flexibility index (Phi) is 3.12. The van der Waals surface area contributed by atoms with Crippen molar-refractivity contribution in [1.82, 2.24) is 4.90 Å². The molecule has 2 N–H and O–H groups in total. The van der Waals surface area contributed by atoms with Crippen LogP contribution in [0.15, 0.2) is 23.0 Å². The number of hydrogen-bond donors (Lipinski definition) is 1. The van der Waals surface area contributed by atoms with Gasteiger partial charge in [0.05, 0.1) is 12.5 Å². The molecule has 2 heterocycles. The molecule has 3 atom stereocenters. The molecule has 15 heavy (non-hydrogen) atoms. The normalized spacial score (nSPS) is 30.3. The van der Waals surface area contributed by atoms with Crippen molar-refractivity contribution in [3.8, 4) is 0 Å². The lowest BCUT2D eigenvalue weighted by molar-refractivity contribution is 0.124. The van der Waals surface area contributed by atoms with Gasteiger partial charge in [0.15, 0.2) is 0 Å². The predicted molar refractivity (Wildman–Crippen MR) is 60.5 cm³/mol. The van der Waals surface area contributed by atoms with Crippen LogP contribution in [-0.4, -0.2) is 24.0 Å². The minimum absolute atomic E-state index is 0.373. The number of hydrogen-bond acceptors (Lipinski definition) is 3. The van der Waals surface area contributed by atoms with E-state index in [0.717, 1.165) is 19.5 Å². The molecule has 1 aliphatic rings. The van der Waals surface area contributed by atoms with Crippen molar-refractivity contribution in [3.05, 3.63) is 24.2 Å². The van der Waals surface area contributed by atoms with Gasteiger partial charge >= 0.3 is 0 Å². The van der Waals surface area contributed by atoms with Crippen LogP contribution in [0, 0.1) is 5.92 Å². The Hall–Kier alpha value is -0.800. The molecule has 3 heteroatoms. The first kappa shape index (κ1) is 10.7. The first-order valence-electron chi connectivity index (χ1n) is 5.70. The molecular formula is C12H20N2O. The fourth-order valence-corrected chi connectivity index (χ4v) is 2.27. The summed E-state index contributed by atoms with van der Waals surface area (Å²) < 4.78 is 5.12. The molecule has 0 aromatic carbocycles. The average Bonchev–Trinajstić information content (AvgIpc) is 2.74. The summed E-state index contributed by atoms with van der Waals surface area (Å²) in [4.78, 5) is 2.48. The highest BCUT2D eigenvalue weighted by Crippen LogP contribution is 2.26. The van der Waals surface area contributed by atoms with E-state index in [1.807, 2.05) is 12.3 Å². The zero-order valence-corrected chi connectivity index (χ0v) is 9.52. The molecule has 3 nitrogen and oxygen atoms in total. The minimum atomic E-state index is 0.373. The van der Waals surface area contributed by atoms with E-state index < -0.39 is 0 Å². The van der Waals surface area contributed by atoms with Gasteiger partial charge in [-0.3, -0.25) is 4.90 Å². The van der Waals surface area contributed by atoms with Gasteiger partial charge in [-0.05, 0) is 25.3 Å². The van der Waals surface area contributed by atoms with Gasteiger partial charge in [-0.1, -0.05) is 6.92 Å². The zero-order chi connectivity index (χ0) is 10.8. The number of piperidine rings is 1. The molecule has 0 spiro atoms. The second kappa shape index (κ2) is 4.37. The highest BCUT2D eigenvalue weighted by Gasteiger charge is 2.26. The van der Waals surface area contributed by atoms with Crippen molar-refractivity contribution < 1.29 is 4.42 Å². The lowest BCUT2D eigenvalue weighted by Crippen LogP contribution is -2.46. The maximum absolute atomic E-state index is 6.01. The van der Waals surface area contributed by atoms with E-state index in [0.29, 0.717) is 18.0 Å². The van der Waals surface area contributed by atoms with E-state index in [-0.39, 0.29) is 0 Å². The van der Waals surface area contributed by atoms with Crippen LogP contribution in [-0.2, 0) is 0 Å². The summed E-state index contributed by atoms with van der Waals surface area (Å²) in [6.45, 7) is 6.65. The Bertz CT molecular complexity index is 297. The summed E-state index contributed by atoms with van der Waals surface area (Å²) in [6, 6.07) is 2.86. The van der Waals surface area contributed by atoms with Crippen LogP contribution < -0.4 is 5.73 Å². The minimum Gasteiger partial charge on any atom is -0.472 e. The van der Waals surface area contributed by atoms with Gasteiger partial charge in [-0.2, -0.15) is 0 Å². The molecule has 1 aliphatic heterocycles. The van der Waals surface area contributed by atoms with Crippen LogP contribution in [0.2, 0.25) is 0 Å². The van der Waals surface area contributed by atoms with Crippen LogP contribution in [0.1, 0.15) is 31.9 Å². The van der Waals surface area contributed by atoms with Crippen LogP contribution in [0.25, 0.3) is 0 Å². The molecule has 1 aromatic rings. The Labute approximate surface area is 91.2 Å². The zero-order valence-electron chi connectivity index (χ0n) is 9.52. The molecule has 3 unspecified atom stereocenters. The van der Waals surface area contributed by atoms with Crippen molar-refractivity contribution in [2.24, 2.45) is 11.7 Å². The van der Waals surface area contributed by atoms with Gasteiger partial charge in [-0.25, -0.2) is 0 Å². The number of nitrogens with zero attached hydrogens (tertiary/aromatic N) is 1. The van der Waals surface area contributed by atoms with Crippen molar-refractivity contribution >= 4 is 0 Å². The van der Waals surface area contributed by atoms with Crippen molar-refractivity contribution in [1.29, 1.82) is 0 Å². The van der Waals surface area contributed by atoms with Crippen LogP contribution in [0.3, 0.4) is 0 Å². The maximum atomic E-state index is 6.01. The highest BCUT2D eigenvalue weighted by atomic mass is 16.3. The molecular weight excluding hydrogens is 188 g/mol. The van der Waals surface area contributed by atoms with E-state index >= 15 is 0 Å². The van der Waals surface area contributed by atoms with E-state index in [1.165, 1.54) is 5.56 Å². The lowest BCUT2D eigenvalue weighted by atomic mass is 9.93. The highest BCUT2D eigenvalue weighted by molar-refractivity contribution is 5.11. The largest absolute Gasteiger partial charge is 0.472 e. The molecule has 0 amide bonds. The average molecular weight is 208 g/mol. The summed E-state index contributed by atoms with van der Waals surface area (Å²) in [5.74, 6) is 0.591. The standard InChI is InChI=1S/C12H20N2O/c1-9-7-14(5-3-12(9)13)10(2)11-4-6-15-8-11/h4,6,8-10,12H,3,5,7,13H2,1-2H3. The summed E-state index contributed by atoms with van der Waals surface area (Å²) in [7, 11) is 0. The quantitative estimate of drug-likeness (QED) is 0.808. The maximum Gasteiger partial charge on any atom is 0.0950 e. The molecule has 0 saturated carbocycles. The Morgan fingerprint density at radius 2 is 2.40 bits per heavy atom. The van der Waals surface area contributed by atoms with E-state index in [9.17, 15) is 0 Å². The lowest BCUT2D eigenvalue weighted by Gasteiger charge is -2.38. The molecule has 0 radical (unpaired) electrons. The second-order valence-electron chi connectivity index (χ2n) is 4.66. The Balaban J connectivity index is 2.00. The fraction of sp³-hybridized carbons (Fsp3) is 0.667. The molecule has 0 bridgehead atoms. The third kappa shape index (κ3) is 2.24. The smallest absolute Gasteiger partial charge is 0.0950 e.